The van der Waals surface area contributed by atoms with Gasteiger partial charge in [0.1, 0.15) is 11.6 Å². The van der Waals surface area contributed by atoms with Crippen molar-refractivity contribution in [1.29, 1.82) is 0 Å². The number of methoxy groups -OCH3 is 1. The highest BCUT2D eigenvalue weighted by Gasteiger charge is 2.25. The number of aryl methyl sites for hydroxylation is 1. The number of ether oxygens (including phenoxy) is 1. The van der Waals surface area contributed by atoms with Crippen molar-refractivity contribution in [3.8, 4) is 0 Å². The number of anilines is 1. The van der Waals surface area contributed by atoms with Gasteiger partial charge in [-0.2, -0.15) is 5.10 Å². The normalized spacial score (nSPS) is 16.4. The van der Waals surface area contributed by atoms with Gasteiger partial charge in [-0.15, -0.1) is 0 Å². The van der Waals surface area contributed by atoms with E-state index in [-0.39, 0.29) is 5.41 Å². The zero-order valence-electron chi connectivity index (χ0n) is 16.0. The fourth-order valence-electron chi connectivity index (χ4n) is 3.39. The zero-order valence-corrected chi connectivity index (χ0v) is 16.0. The van der Waals surface area contributed by atoms with E-state index in [1.54, 1.807) is 7.11 Å². The second-order valence-electron chi connectivity index (χ2n) is 7.87. The molecule has 0 spiro atoms. The number of nitrogens with zero attached hydrogens (tertiary/aromatic N) is 5. The van der Waals surface area contributed by atoms with Crippen LogP contribution in [0.4, 0.5) is 5.82 Å². The molecule has 0 atom stereocenters. The van der Waals surface area contributed by atoms with E-state index in [1.807, 2.05) is 17.9 Å². The molecular formula is C19H29N5O. The predicted molar refractivity (Wildman–Crippen MR) is 98.8 cm³/mol. The van der Waals surface area contributed by atoms with Crippen LogP contribution in [0.2, 0.25) is 0 Å². The van der Waals surface area contributed by atoms with Crippen LogP contribution in [0.15, 0.2) is 18.3 Å². The van der Waals surface area contributed by atoms with Gasteiger partial charge in [-0.3, -0.25) is 4.68 Å². The summed E-state index contributed by atoms with van der Waals surface area (Å²) in [7, 11) is 3.73. The smallest absolute Gasteiger partial charge is 0.136 e. The highest BCUT2D eigenvalue weighted by molar-refractivity contribution is 5.41. The summed E-state index contributed by atoms with van der Waals surface area (Å²) >= 11 is 0. The minimum absolute atomic E-state index is 0.0778. The molecule has 25 heavy (non-hydrogen) atoms. The van der Waals surface area contributed by atoms with E-state index >= 15 is 0 Å². The van der Waals surface area contributed by atoms with Crippen molar-refractivity contribution in [1.82, 2.24) is 19.7 Å². The maximum absolute atomic E-state index is 5.30. The number of piperidine rings is 1. The van der Waals surface area contributed by atoms with Crippen molar-refractivity contribution in [3.63, 3.8) is 0 Å². The molecule has 3 rings (SSSR count). The van der Waals surface area contributed by atoms with Gasteiger partial charge < -0.3 is 9.64 Å². The van der Waals surface area contributed by atoms with Crippen LogP contribution < -0.4 is 4.90 Å². The van der Waals surface area contributed by atoms with Crippen molar-refractivity contribution < 1.29 is 4.74 Å². The Kier molecular flexibility index (Phi) is 5.08. The van der Waals surface area contributed by atoms with Crippen LogP contribution in [0.25, 0.3) is 0 Å². The number of rotatable bonds is 4. The van der Waals surface area contributed by atoms with Gasteiger partial charge in [-0.1, -0.05) is 20.8 Å². The molecular weight excluding hydrogens is 314 g/mol. The summed E-state index contributed by atoms with van der Waals surface area (Å²) in [6.07, 6.45) is 4.13. The molecule has 1 fully saturated rings. The quantitative estimate of drug-likeness (QED) is 0.854. The summed E-state index contributed by atoms with van der Waals surface area (Å²) in [6.45, 7) is 8.97. The Morgan fingerprint density at radius 2 is 1.92 bits per heavy atom. The Morgan fingerprint density at radius 1 is 1.20 bits per heavy atom. The lowest BCUT2D eigenvalue weighted by atomic mass is 9.93. The fraction of sp³-hybridized carbons (Fsp3) is 0.632. The van der Waals surface area contributed by atoms with Gasteiger partial charge >= 0.3 is 0 Å². The van der Waals surface area contributed by atoms with E-state index in [1.165, 1.54) is 5.69 Å². The first-order valence-electron chi connectivity index (χ1n) is 8.98. The molecule has 3 heterocycles. The van der Waals surface area contributed by atoms with E-state index in [4.69, 9.17) is 9.72 Å². The number of hydrogen-bond acceptors (Lipinski definition) is 5. The summed E-state index contributed by atoms with van der Waals surface area (Å²) < 4.78 is 7.30. The molecule has 6 nitrogen and oxygen atoms in total. The van der Waals surface area contributed by atoms with Gasteiger partial charge in [0.05, 0.1) is 12.3 Å². The molecule has 0 radical (unpaired) electrons. The largest absolute Gasteiger partial charge is 0.378 e. The Hall–Kier alpha value is -1.95. The first-order valence-corrected chi connectivity index (χ1v) is 8.98. The SMILES string of the molecule is COCc1cc(N2CCC(c3ccnn3C)CC2)nc(C(C)(C)C)n1. The predicted octanol–water partition coefficient (Wildman–Crippen LogP) is 3.04. The summed E-state index contributed by atoms with van der Waals surface area (Å²) in [5, 5.41) is 4.31. The molecule has 2 aromatic rings. The average molecular weight is 343 g/mol. The lowest BCUT2D eigenvalue weighted by Crippen LogP contribution is -2.35. The summed E-state index contributed by atoms with van der Waals surface area (Å²) in [5.41, 5.74) is 2.20. The van der Waals surface area contributed by atoms with E-state index in [0.29, 0.717) is 12.5 Å². The van der Waals surface area contributed by atoms with E-state index in [9.17, 15) is 0 Å². The summed E-state index contributed by atoms with van der Waals surface area (Å²) in [5.74, 6) is 2.48. The molecule has 0 saturated carbocycles. The molecule has 136 valence electrons. The molecule has 0 aliphatic carbocycles. The molecule has 0 aromatic carbocycles. The Labute approximate surface area is 150 Å². The van der Waals surface area contributed by atoms with Crippen LogP contribution in [0, 0.1) is 0 Å². The second-order valence-corrected chi connectivity index (χ2v) is 7.87. The molecule has 0 unspecified atom stereocenters. The van der Waals surface area contributed by atoms with Gasteiger partial charge in [0, 0.05) is 56.5 Å². The van der Waals surface area contributed by atoms with Crippen molar-refractivity contribution in [2.75, 3.05) is 25.1 Å². The first kappa shape index (κ1) is 17.9. The lowest BCUT2D eigenvalue weighted by molar-refractivity contribution is 0.181. The topological polar surface area (TPSA) is 56.1 Å². The molecule has 0 bridgehead atoms. The minimum atomic E-state index is -0.0778. The molecule has 0 N–H and O–H groups in total. The Morgan fingerprint density at radius 3 is 2.48 bits per heavy atom. The highest BCUT2D eigenvalue weighted by atomic mass is 16.5. The van der Waals surface area contributed by atoms with Gasteiger partial charge in [0.25, 0.3) is 0 Å². The van der Waals surface area contributed by atoms with E-state index < -0.39 is 0 Å². The minimum Gasteiger partial charge on any atom is -0.378 e. The molecule has 1 aliphatic heterocycles. The third-order valence-electron chi connectivity index (χ3n) is 4.82. The first-order chi connectivity index (χ1) is 11.9. The number of hydrogen-bond donors (Lipinski definition) is 0. The summed E-state index contributed by atoms with van der Waals surface area (Å²) in [4.78, 5) is 11.9. The Bertz CT molecular complexity index is 711. The standard InChI is InChI=1S/C19H29N5O/c1-19(2,3)18-21-15(13-25-5)12-17(22-18)24-10-7-14(8-11-24)16-6-9-20-23(16)4/h6,9,12,14H,7-8,10-11,13H2,1-5H3. The maximum Gasteiger partial charge on any atom is 0.136 e. The molecule has 2 aromatic heterocycles. The van der Waals surface area contributed by atoms with Crippen LogP contribution in [-0.2, 0) is 23.8 Å². The van der Waals surface area contributed by atoms with Crippen molar-refractivity contribution in [2.24, 2.45) is 7.05 Å². The van der Waals surface area contributed by atoms with Gasteiger partial charge in [0.2, 0.25) is 0 Å². The average Bonchev–Trinajstić information content (AvgIpc) is 3.00. The van der Waals surface area contributed by atoms with Crippen LogP contribution >= 0.6 is 0 Å². The summed E-state index contributed by atoms with van der Waals surface area (Å²) in [6, 6.07) is 4.21. The van der Waals surface area contributed by atoms with Gasteiger partial charge in [-0.25, -0.2) is 9.97 Å². The van der Waals surface area contributed by atoms with Gasteiger partial charge in [0.15, 0.2) is 0 Å². The monoisotopic (exact) mass is 343 g/mol. The van der Waals surface area contributed by atoms with Gasteiger partial charge in [-0.05, 0) is 18.9 Å². The van der Waals surface area contributed by atoms with E-state index in [0.717, 1.165) is 43.3 Å². The van der Waals surface area contributed by atoms with Crippen LogP contribution in [0.5, 0.6) is 0 Å². The Balaban J connectivity index is 1.78. The fourth-order valence-corrected chi connectivity index (χ4v) is 3.39. The van der Waals surface area contributed by atoms with Crippen molar-refractivity contribution in [3.05, 3.63) is 35.5 Å². The third kappa shape index (κ3) is 4.00. The molecule has 0 amide bonds. The number of aromatic nitrogens is 4. The van der Waals surface area contributed by atoms with Crippen LogP contribution in [-0.4, -0.2) is 39.9 Å². The third-order valence-corrected chi connectivity index (χ3v) is 4.82. The highest BCUT2D eigenvalue weighted by Crippen LogP contribution is 2.30. The maximum atomic E-state index is 5.30. The molecule has 1 aliphatic rings. The zero-order chi connectivity index (χ0) is 18.0. The van der Waals surface area contributed by atoms with E-state index in [2.05, 4.69) is 47.9 Å². The van der Waals surface area contributed by atoms with Crippen LogP contribution in [0.1, 0.15) is 56.7 Å². The molecule has 6 heteroatoms. The van der Waals surface area contributed by atoms with Crippen LogP contribution in [0.3, 0.4) is 0 Å². The molecule has 1 saturated heterocycles. The lowest BCUT2D eigenvalue weighted by Gasteiger charge is -2.33. The van der Waals surface area contributed by atoms with Crippen molar-refractivity contribution in [2.45, 2.75) is 51.6 Å². The van der Waals surface area contributed by atoms with Crippen molar-refractivity contribution >= 4 is 5.82 Å². The second kappa shape index (κ2) is 7.12.